The van der Waals surface area contributed by atoms with E-state index in [9.17, 15) is 4.79 Å². The van der Waals surface area contributed by atoms with Gasteiger partial charge in [0.15, 0.2) is 0 Å². The summed E-state index contributed by atoms with van der Waals surface area (Å²) in [4.78, 5) is 17.1. The zero-order chi connectivity index (χ0) is 17.0. The highest BCUT2D eigenvalue weighted by molar-refractivity contribution is 5.78. The number of ether oxygens (including phenoxy) is 1. The molecule has 2 aliphatic heterocycles. The maximum Gasteiger partial charge on any atom is 0.312 e. The van der Waals surface area contributed by atoms with Crippen molar-refractivity contribution in [3.63, 3.8) is 0 Å². The summed E-state index contributed by atoms with van der Waals surface area (Å²) in [7, 11) is 0. The Morgan fingerprint density at radius 2 is 1.75 bits per heavy atom. The Hall–Kier alpha value is -1.55. The molecule has 0 aromatic heterocycles. The topological polar surface area (TPSA) is 32.8 Å². The number of nitrogens with zero attached hydrogens (tertiary/aromatic N) is 2. The summed E-state index contributed by atoms with van der Waals surface area (Å²) in [5.74, 6) is 0.0337. The Balaban J connectivity index is 1.44. The Bertz CT molecular complexity index is 534. The van der Waals surface area contributed by atoms with Crippen LogP contribution < -0.4 is 4.90 Å². The lowest BCUT2D eigenvalue weighted by Gasteiger charge is -2.36. The predicted octanol–water partition coefficient (Wildman–Crippen LogP) is 3.32. The van der Waals surface area contributed by atoms with Crippen LogP contribution in [0, 0.1) is 5.41 Å². The second kappa shape index (κ2) is 7.56. The van der Waals surface area contributed by atoms with Crippen LogP contribution in [0.2, 0.25) is 0 Å². The number of para-hydroxylation sites is 1. The summed E-state index contributed by atoms with van der Waals surface area (Å²) >= 11 is 0. The van der Waals surface area contributed by atoms with Gasteiger partial charge in [-0.3, -0.25) is 9.69 Å². The average molecular weight is 330 g/mol. The molecular formula is C20H30N2O2. The molecule has 2 fully saturated rings. The van der Waals surface area contributed by atoms with Gasteiger partial charge in [-0.1, -0.05) is 32.0 Å². The average Bonchev–Trinajstić information content (AvgIpc) is 2.97. The minimum absolute atomic E-state index is 0.0337. The fraction of sp³-hybridized carbons (Fsp3) is 0.650. The van der Waals surface area contributed by atoms with Crippen LogP contribution in [-0.4, -0.2) is 49.7 Å². The second-order valence-corrected chi connectivity index (χ2v) is 7.17. The van der Waals surface area contributed by atoms with Crippen molar-refractivity contribution in [3.8, 4) is 0 Å². The molecule has 3 rings (SSSR count). The third-order valence-electron chi connectivity index (χ3n) is 5.94. The molecule has 2 heterocycles. The highest BCUT2D eigenvalue weighted by Crippen LogP contribution is 2.41. The van der Waals surface area contributed by atoms with Crippen LogP contribution in [-0.2, 0) is 9.53 Å². The number of rotatable bonds is 6. The minimum atomic E-state index is -0.212. The summed E-state index contributed by atoms with van der Waals surface area (Å²) < 4.78 is 5.66. The molecule has 4 nitrogen and oxygen atoms in total. The van der Waals surface area contributed by atoms with Crippen molar-refractivity contribution in [2.75, 3.05) is 37.6 Å². The zero-order valence-electron chi connectivity index (χ0n) is 15.0. The largest absolute Gasteiger partial charge is 0.462 e. The summed E-state index contributed by atoms with van der Waals surface area (Å²) in [6.45, 7) is 9.56. The highest BCUT2D eigenvalue weighted by atomic mass is 16.6. The number of anilines is 1. The second-order valence-electron chi connectivity index (χ2n) is 7.17. The fourth-order valence-electron chi connectivity index (χ4n) is 4.02. The van der Waals surface area contributed by atoms with Crippen LogP contribution in [0.25, 0.3) is 0 Å². The normalized spacial score (nSPS) is 24.2. The van der Waals surface area contributed by atoms with Crippen LogP contribution in [0.3, 0.4) is 0 Å². The van der Waals surface area contributed by atoms with Gasteiger partial charge in [-0.25, -0.2) is 0 Å². The first-order valence-corrected chi connectivity index (χ1v) is 9.40. The molecule has 0 radical (unpaired) electrons. The molecule has 0 aliphatic carbocycles. The number of carbonyl (C=O) groups is 1. The summed E-state index contributed by atoms with van der Waals surface area (Å²) in [6.07, 6.45) is 3.79. The lowest BCUT2D eigenvalue weighted by molar-refractivity contribution is -0.149. The Kier molecular flexibility index (Phi) is 5.44. The minimum Gasteiger partial charge on any atom is -0.462 e. The van der Waals surface area contributed by atoms with E-state index in [4.69, 9.17) is 4.74 Å². The van der Waals surface area contributed by atoms with E-state index < -0.39 is 0 Å². The van der Waals surface area contributed by atoms with E-state index in [1.165, 1.54) is 5.69 Å². The molecule has 1 atom stereocenters. The van der Waals surface area contributed by atoms with Gasteiger partial charge in [-0.05, 0) is 31.4 Å². The molecule has 132 valence electrons. The molecule has 0 amide bonds. The van der Waals surface area contributed by atoms with E-state index in [0.717, 1.165) is 58.4 Å². The zero-order valence-corrected chi connectivity index (χ0v) is 15.0. The van der Waals surface area contributed by atoms with Gasteiger partial charge in [0, 0.05) is 44.8 Å². The summed E-state index contributed by atoms with van der Waals surface area (Å²) in [5.41, 5.74) is 1.11. The van der Waals surface area contributed by atoms with E-state index in [-0.39, 0.29) is 17.5 Å². The number of esters is 1. The Labute approximate surface area is 145 Å². The highest BCUT2D eigenvalue weighted by Gasteiger charge is 2.46. The monoisotopic (exact) mass is 330 g/mol. The maximum atomic E-state index is 12.2. The number of cyclic esters (lactones) is 1. The molecule has 1 aromatic carbocycles. The molecule has 1 aromatic rings. The predicted molar refractivity (Wildman–Crippen MR) is 97.2 cm³/mol. The van der Waals surface area contributed by atoms with Gasteiger partial charge in [0.2, 0.25) is 0 Å². The summed E-state index contributed by atoms with van der Waals surface area (Å²) in [6, 6.07) is 10.6. The fourth-order valence-corrected chi connectivity index (χ4v) is 4.02. The molecule has 0 N–H and O–H groups in total. The van der Waals surface area contributed by atoms with Gasteiger partial charge < -0.3 is 9.64 Å². The first-order valence-electron chi connectivity index (χ1n) is 9.40. The quantitative estimate of drug-likeness (QED) is 0.749. The van der Waals surface area contributed by atoms with Crippen LogP contribution in [0.5, 0.6) is 0 Å². The van der Waals surface area contributed by atoms with E-state index in [1.807, 2.05) is 0 Å². The SMILES string of the molecule is CCC1(CC)C[C@H](CCN2CCN(c3ccccc3)CC2)OC1=O. The van der Waals surface area contributed by atoms with Crippen molar-refractivity contribution in [1.29, 1.82) is 0 Å². The Morgan fingerprint density at radius 3 is 2.33 bits per heavy atom. The van der Waals surface area contributed by atoms with E-state index >= 15 is 0 Å². The maximum absolute atomic E-state index is 12.2. The van der Waals surface area contributed by atoms with Gasteiger partial charge in [0.25, 0.3) is 0 Å². The summed E-state index contributed by atoms with van der Waals surface area (Å²) in [5, 5.41) is 0. The van der Waals surface area contributed by atoms with Crippen molar-refractivity contribution in [2.24, 2.45) is 5.41 Å². The van der Waals surface area contributed by atoms with E-state index in [0.29, 0.717) is 0 Å². The molecule has 0 saturated carbocycles. The third-order valence-corrected chi connectivity index (χ3v) is 5.94. The van der Waals surface area contributed by atoms with Gasteiger partial charge >= 0.3 is 5.97 Å². The number of benzene rings is 1. The van der Waals surface area contributed by atoms with Crippen molar-refractivity contribution in [1.82, 2.24) is 4.90 Å². The molecule has 4 heteroatoms. The molecule has 24 heavy (non-hydrogen) atoms. The van der Waals surface area contributed by atoms with Gasteiger partial charge in [-0.15, -0.1) is 0 Å². The van der Waals surface area contributed by atoms with Crippen molar-refractivity contribution in [2.45, 2.75) is 45.6 Å². The van der Waals surface area contributed by atoms with Gasteiger partial charge in [0.1, 0.15) is 6.10 Å². The lowest BCUT2D eigenvalue weighted by atomic mass is 9.79. The van der Waals surface area contributed by atoms with Crippen molar-refractivity contribution >= 4 is 11.7 Å². The molecule has 0 bridgehead atoms. The van der Waals surface area contributed by atoms with Crippen molar-refractivity contribution in [3.05, 3.63) is 30.3 Å². The Morgan fingerprint density at radius 1 is 1.08 bits per heavy atom. The first kappa shape index (κ1) is 17.3. The smallest absolute Gasteiger partial charge is 0.312 e. The molecule has 0 unspecified atom stereocenters. The molecular weight excluding hydrogens is 300 g/mol. The number of hydrogen-bond acceptors (Lipinski definition) is 4. The van der Waals surface area contributed by atoms with E-state index in [1.54, 1.807) is 0 Å². The van der Waals surface area contributed by atoms with Crippen molar-refractivity contribution < 1.29 is 9.53 Å². The van der Waals surface area contributed by atoms with Crippen LogP contribution in [0.1, 0.15) is 39.5 Å². The van der Waals surface area contributed by atoms with E-state index in [2.05, 4.69) is 54.0 Å². The third kappa shape index (κ3) is 3.59. The lowest BCUT2D eigenvalue weighted by Crippen LogP contribution is -2.47. The number of piperazine rings is 1. The first-order chi connectivity index (χ1) is 11.7. The van der Waals surface area contributed by atoms with Crippen LogP contribution >= 0.6 is 0 Å². The van der Waals surface area contributed by atoms with Gasteiger partial charge in [-0.2, -0.15) is 0 Å². The number of carbonyl (C=O) groups excluding carboxylic acids is 1. The van der Waals surface area contributed by atoms with Crippen LogP contribution in [0.4, 0.5) is 5.69 Å². The molecule has 0 spiro atoms. The standard InChI is InChI=1S/C20H30N2O2/c1-3-20(4-2)16-18(24-19(20)23)10-11-21-12-14-22(15-13-21)17-8-6-5-7-9-17/h5-9,18H,3-4,10-16H2,1-2H3/t18-/m0/s1. The van der Waals surface area contributed by atoms with Crippen LogP contribution in [0.15, 0.2) is 30.3 Å². The van der Waals surface area contributed by atoms with Gasteiger partial charge in [0.05, 0.1) is 5.41 Å². The number of hydrogen-bond donors (Lipinski definition) is 0. The molecule has 2 saturated heterocycles. The molecule has 2 aliphatic rings.